The quantitative estimate of drug-likeness (QED) is 0.815. The van der Waals surface area contributed by atoms with E-state index in [0.717, 1.165) is 31.0 Å². The van der Waals surface area contributed by atoms with E-state index in [4.69, 9.17) is 27.4 Å². The van der Waals surface area contributed by atoms with E-state index in [0.29, 0.717) is 30.2 Å². The Hall–Kier alpha value is -1.17. The minimum atomic E-state index is 0.306. The summed E-state index contributed by atoms with van der Waals surface area (Å²) >= 11 is 4.90. The SMILES string of the molecule is CC1CN(CCOc2ccc(CC(N)=S)cc2)C(C)CO1. The highest BCUT2D eigenvalue weighted by Gasteiger charge is 2.22. The number of nitrogens with two attached hydrogens (primary N) is 1. The predicted molar refractivity (Wildman–Crippen MR) is 88.9 cm³/mol. The molecule has 21 heavy (non-hydrogen) atoms. The predicted octanol–water partition coefficient (Wildman–Crippen LogP) is 2.00. The summed E-state index contributed by atoms with van der Waals surface area (Å²) in [5.41, 5.74) is 6.65. The van der Waals surface area contributed by atoms with E-state index < -0.39 is 0 Å². The first-order chi connectivity index (χ1) is 10.0. The van der Waals surface area contributed by atoms with Crippen LogP contribution in [0.2, 0.25) is 0 Å². The maximum Gasteiger partial charge on any atom is 0.119 e. The van der Waals surface area contributed by atoms with Crippen molar-refractivity contribution in [3.05, 3.63) is 29.8 Å². The molecule has 0 radical (unpaired) electrons. The van der Waals surface area contributed by atoms with Crippen molar-refractivity contribution in [1.82, 2.24) is 4.90 Å². The molecule has 2 N–H and O–H groups in total. The largest absolute Gasteiger partial charge is 0.492 e. The van der Waals surface area contributed by atoms with Crippen LogP contribution in [0.5, 0.6) is 5.75 Å². The maximum absolute atomic E-state index is 5.81. The zero-order valence-electron chi connectivity index (χ0n) is 12.7. The standard InChI is InChI=1S/C16H24N2O2S/c1-12-11-20-13(2)10-18(12)7-8-19-15-5-3-14(4-6-15)9-16(17)21/h3-6,12-13H,7-11H2,1-2H3,(H2,17,21). The summed E-state index contributed by atoms with van der Waals surface area (Å²) in [4.78, 5) is 2.93. The molecule has 1 aromatic carbocycles. The molecule has 1 saturated heterocycles. The lowest BCUT2D eigenvalue weighted by molar-refractivity contribution is -0.0522. The van der Waals surface area contributed by atoms with Crippen molar-refractivity contribution in [2.45, 2.75) is 32.4 Å². The van der Waals surface area contributed by atoms with Crippen LogP contribution in [-0.4, -0.2) is 48.3 Å². The molecule has 1 fully saturated rings. The minimum Gasteiger partial charge on any atom is -0.492 e. The van der Waals surface area contributed by atoms with Crippen LogP contribution < -0.4 is 10.5 Å². The monoisotopic (exact) mass is 308 g/mol. The highest BCUT2D eigenvalue weighted by Crippen LogP contribution is 2.14. The fourth-order valence-electron chi connectivity index (χ4n) is 2.47. The molecule has 0 saturated carbocycles. The zero-order valence-corrected chi connectivity index (χ0v) is 13.6. The molecule has 5 heteroatoms. The van der Waals surface area contributed by atoms with Gasteiger partial charge in [0.2, 0.25) is 0 Å². The van der Waals surface area contributed by atoms with Crippen LogP contribution in [0.4, 0.5) is 0 Å². The van der Waals surface area contributed by atoms with E-state index in [9.17, 15) is 0 Å². The molecular formula is C16H24N2O2S. The van der Waals surface area contributed by atoms with E-state index in [1.54, 1.807) is 0 Å². The van der Waals surface area contributed by atoms with Crippen LogP contribution in [0.3, 0.4) is 0 Å². The van der Waals surface area contributed by atoms with Gasteiger partial charge >= 0.3 is 0 Å². The number of hydrogen-bond acceptors (Lipinski definition) is 4. The third-order valence-electron chi connectivity index (χ3n) is 3.69. The highest BCUT2D eigenvalue weighted by atomic mass is 32.1. The van der Waals surface area contributed by atoms with Crippen molar-refractivity contribution in [2.24, 2.45) is 5.73 Å². The summed E-state index contributed by atoms with van der Waals surface area (Å²) in [5.74, 6) is 0.885. The lowest BCUT2D eigenvalue weighted by Crippen LogP contribution is -2.48. The van der Waals surface area contributed by atoms with Gasteiger partial charge in [-0.2, -0.15) is 0 Å². The van der Waals surface area contributed by atoms with Gasteiger partial charge in [0.1, 0.15) is 12.4 Å². The summed E-state index contributed by atoms with van der Waals surface area (Å²) in [5, 5.41) is 0. The van der Waals surface area contributed by atoms with Gasteiger partial charge in [0.25, 0.3) is 0 Å². The molecule has 1 aromatic rings. The van der Waals surface area contributed by atoms with Gasteiger partial charge in [0.15, 0.2) is 0 Å². The third kappa shape index (κ3) is 5.26. The van der Waals surface area contributed by atoms with E-state index in [-0.39, 0.29) is 0 Å². The normalized spacial score (nSPS) is 23.0. The minimum absolute atomic E-state index is 0.306. The summed E-state index contributed by atoms with van der Waals surface area (Å²) in [6.45, 7) is 7.68. The average molecular weight is 308 g/mol. The van der Waals surface area contributed by atoms with Gasteiger partial charge in [-0.25, -0.2) is 0 Å². The molecule has 2 rings (SSSR count). The van der Waals surface area contributed by atoms with Crippen LogP contribution in [0.15, 0.2) is 24.3 Å². The Kier molecular flexibility index (Phi) is 5.96. The second-order valence-corrected chi connectivity index (χ2v) is 6.15. The molecule has 1 aliphatic rings. The van der Waals surface area contributed by atoms with Crippen molar-refractivity contribution in [1.29, 1.82) is 0 Å². The fourth-order valence-corrected chi connectivity index (χ4v) is 2.64. The van der Waals surface area contributed by atoms with Crippen LogP contribution in [0.1, 0.15) is 19.4 Å². The van der Waals surface area contributed by atoms with Gasteiger partial charge in [0, 0.05) is 25.6 Å². The van der Waals surface area contributed by atoms with Gasteiger partial charge in [-0.3, -0.25) is 4.90 Å². The van der Waals surface area contributed by atoms with Crippen LogP contribution >= 0.6 is 12.2 Å². The molecule has 4 nitrogen and oxygen atoms in total. The molecule has 1 heterocycles. The molecule has 116 valence electrons. The van der Waals surface area contributed by atoms with Crippen LogP contribution in [0.25, 0.3) is 0 Å². The summed E-state index contributed by atoms with van der Waals surface area (Å²) in [7, 11) is 0. The lowest BCUT2D eigenvalue weighted by atomic mass is 10.1. The third-order valence-corrected chi connectivity index (χ3v) is 3.83. The molecule has 2 unspecified atom stereocenters. The Labute approximate surface area is 132 Å². The molecule has 1 aliphatic heterocycles. The average Bonchev–Trinajstić information content (AvgIpc) is 2.44. The molecule has 0 aliphatic carbocycles. The number of ether oxygens (including phenoxy) is 2. The van der Waals surface area contributed by atoms with Gasteiger partial charge < -0.3 is 15.2 Å². The Bertz CT molecular complexity index is 464. The van der Waals surface area contributed by atoms with Gasteiger partial charge in [0.05, 0.1) is 17.7 Å². The van der Waals surface area contributed by atoms with E-state index >= 15 is 0 Å². The molecule has 0 aromatic heterocycles. The summed E-state index contributed by atoms with van der Waals surface area (Å²) < 4.78 is 11.4. The topological polar surface area (TPSA) is 47.7 Å². The number of rotatable bonds is 6. The van der Waals surface area contributed by atoms with Crippen molar-refractivity contribution in [3.8, 4) is 5.75 Å². The molecular weight excluding hydrogens is 284 g/mol. The summed E-state index contributed by atoms with van der Waals surface area (Å²) in [6, 6.07) is 8.41. The van der Waals surface area contributed by atoms with Crippen molar-refractivity contribution >= 4 is 17.2 Å². The van der Waals surface area contributed by atoms with Crippen molar-refractivity contribution in [2.75, 3.05) is 26.3 Å². The molecule has 0 spiro atoms. The van der Waals surface area contributed by atoms with Gasteiger partial charge in [-0.15, -0.1) is 0 Å². The maximum atomic E-state index is 5.81. The highest BCUT2D eigenvalue weighted by molar-refractivity contribution is 7.80. The fraction of sp³-hybridized carbons (Fsp3) is 0.562. The summed E-state index contributed by atoms with van der Waals surface area (Å²) in [6.07, 6.45) is 0.944. The Morgan fingerprint density at radius 1 is 1.38 bits per heavy atom. The Morgan fingerprint density at radius 2 is 2.10 bits per heavy atom. The van der Waals surface area contributed by atoms with Crippen LogP contribution in [-0.2, 0) is 11.2 Å². The second-order valence-electron chi connectivity index (χ2n) is 5.62. The number of hydrogen-bond donors (Lipinski definition) is 1. The van der Waals surface area contributed by atoms with E-state index in [1.165, 1.54) is 0 Å². The number of benzene rings is 1. The smallest absolute Gasteiger partial charge is 0.119 e. The number of morpholine rings is 1. The first-order valence-electron chi connectivity index (χ1n) is 7.40. The Balaban J connectivity index is 1.76. The number of nitrogens with zero attached hydrogens (tertiary/aromatic N) is 1. The van der Waals surface area contributed by atoms with Gasteiger partial charge in [-0.1, -0.05) is 24.4 Å². The first kappa shape index (κ1) is 16.2. The van der Waals surface area contributed by atoms with Crippen molar-refractivity contribution in [3.63, 3.8) is 0 Å². The lowest BCUT2D eigenvalue weighted by Gasteiger charge is -2.36. The van der Waals surface area contributed by atoms with Crippen LogP contribution in [0, 0.1) is 0 Å². The van der Waals surface area contributed by atoms with E-state index in [2.05, 4.69) is 18.7 Å². The number of thiocarbonyl (C=S) groups is 1. The molecule has 0 amide bonds. The van der Waals surface area contributed by atoms with Gasteiger partial charge in [-0.05, 0) is 31.5 Å². The second kappa shape index (κ2) is 7.73. The van der Waals surface area contributed by atoms with E-state index in [1.807, 2.05) is 24.3 Å². The first-order valence-corrected chi connectivity index (χ1v) is 7.81. The molecule has 0 bridgehead atoms. The zero-order chi connectivity index (χ0) is 15.2. The Morgan fingerprint density at radius 3 is 2.76 bits per heavy atom. The van der Waals surface area contributed by atoms with Crippen molar-refractivity contribution < 1.29 is 9.47 Å². The molecule has 2 atom stereocenters.